The minimum Gasteiger partial charge on any atom is -0.265 e. The monoisotopic (exact) mass is 377 g/mol. The Labute approximate surface area is 161 Å². The molecule has 0 amide bonds. The van der Waals surface area contributed by atoms with Crippen LogP contribution >= 0.6 is 0 Å². The van der Waals surface area contributed by atoms with Crippen molar-refractivity contribution in [3.8, 4) is 0 Å². The van der Waals surface area contributed by atoms with E-state index < -0.39 is 10.0 Å². The van der Waals surface area contributed by atoms with Gasteiger partial charge in [0.15, 0.2) is 0 Å². The van der Waals surface area contributed by atoms with E-state index in [1.54, 1.807) is 16.4 Å². The summed E-state index contributed by atoms with van der Waals surface area (Å²) < 4.78 is 28.5. The number of hydrogen-bond donors (Lipinski definition) is 0. The Balaban J connectivity index is 1.88. The molecule has 1 atom stereocenters. The summed E-state index contributed by atoms with van der Waals surface area (Å²) >= 11 is 0. The predicted molar refractivity (Wildman–Crippen MR) is 110 cm³/mol. The molecule has 3 aromatic carbocycles. The molecule has 4 heteroatoms. The second-order valence-corrected chi connectivity index (χ2v) is 9.19. The van der Waals surface area contributed by atoms with Crippen LogP contribution in [0.3, 0.4) is 0 Å². The topological polar surface area (TPSA) is 37.4 Å². The van der Waals surface area contributed by atoms with Gasteiger partial charge in [-0.05, 0) is 61.2 Å². The molecule has 0 saturated heterocycles. The number of nitrogens with zero attached hydrogens (tertiary/aromatic N) is 1. The summed E-state index contributed by atoms with van der Waals surface area (Å²) in [5.41, 5.74) is 6.32. The Morgan fingerprint density at radius 3 is 2.19 bits per heavy atom. The third-order valence-electron chi connectivity index (χ3n) is 5.29. The SMILES string of the molecule is Cc1ccc(S(=O)(=O)N2C[C@@H](c3ccccc3)c3c(C)cc(C)cc32)cc1. The molecule has 3 nitrogen and oxygen atoms in total. The fourth-order valence-corrected chi connectivity index (χ4v) is 5.48. The summed E-state index contributed by atoms with van der Waals surface area (Å²) in [6.45, 7) is 6.48. The first-order valence-corrected chi connectivity index (χ1v) is 10.6. The van der Waals surface area contributed by atoms with Crippen LogP contribution in [0.25, 0.3) is 0 Å². The van der Waals surface area contributed by atoms with Crippen LogP contribution in [0.5, 0.6) is 0 Å². The summed E-state index contributed by atoms with van der Waals surface area (Å²) in [5.74, 6) is 0.0435. The van der Waals surface area contributed by atoms with Crippen LogP contribution < -0.4 is 4.31 Å². The molecule has 0 N–H and O–H groups in total. The standard InChI is InChI=1S/C23H23NO2S/c1-16-9-11-20(12-10-16)27(25,26)24-15-21(19-7-5-4-6-8-19)23-18(3)13-17(2)14-22(23)24/h4-14,21H,15H2,1-3H3/t21-/m0/s1. The van der Waals surface area contributed by atoms with Crippen molar-refractivity contribution in [2.75, 3.05) is 10.8 Å². The Hall–Kier alpha value is -2.59. The van der Waals surface area contributed by atoms with E-state index in [4.69, 9.17) is 0 Å². The minimum atomic E-state index is -3.61. The lowest BCUT2D eigenvalue weighted by Gasteiger charge is -2.20. The van der Waals surface area contributed by atoms with Gasteiger partial charge >= 0.3 is 0 Å². The first-order valence-electron chi connectivity index (χ1n) is 9.13. The van der Waals surface area contributed by atoms with Crippen molar-refractivity contribution >= 4 is 15.7 Å². The average Bonchev–Trinajstić information content (AvgIpc) is 3.03. The molecule has 0 bridgehead atoms. The first-order chi connectivity index (χ1) is 12.9. The first kappa shape index (κ1) is 17.8. The second kappa shape index (κ2) is 6.54. The number of fused-ring (bicyclic) bond motifs is 1. The minimum absolute atomic E-state index is 0.0435. The number of anilines is 1. The van der Waals surface area contributed by atoms with Crippen LogP contribution in [0.1, 0.15) is 33.7 Å². The number of aryl methyl sites for hydroxylation is 3. The van der Waals surface area contributed by atoms with Gasteiger partial charge in [-0.1, -0.05) is 54.1 Å². The highest BCUT2D eigenvalue weighted by Crippen LogP contribution is 2.45. The zero-order chi connectivity index (χ0) is 19.2. The van der Waals surface area contributed by atoms with Gasteiger partial charge in [-0.3, -0.25) is 4.31 Å². The van der Waals surface area contributed by atoms with Crippen molar-refractivity contribution in [3.63, 3.8) is 0 Å². The molecule has 138 valence electrons. The van der Waals surface area contributed by atoms with Gasteiger partial charge in [-0.15, -0.1) is 0 Å². The van der Waals surface area contributed by atoms with E-state index in [1.165, 1.54) is 0 Å². The van der Waals surface area contributed by atoms with Crippen LogP contribution in [-0.2, 0) is 10.0 Å². The molecule has 27 heavy (non-hydrogen) atoms. The van der Waals surface area contributed by atoms with Gasteiger partial charge in [0.25, 0.3) is 10.0 Å². The third kappa shape index (κ3) is 3.04. The van der Waals surface area contributed by atoms with Gasteiger partial charge in [-0.2, -0.15) is 0 Å². The van der Waals surface area contributed by atoms with Gasteiger partial charge in [0.05, 0.1) is 10.6 Å². The molecule has 0 radical (unpaired) electrons. The summed E-state index contributed by atoms with van der Waals surface area (Å²) in [7, 11) is -3.61. The Morgan fingerprint density at radius 2 is 1.52 bits per heavy atom. The number of rotatable bonds is 3. The van der Waals surface area contributed by atoms with E-state index >= 15 is 0 Å². The quantitative estimate of drug-likeness (QED) is 0.647. The highest BCUT2D eigenvalue weighted by Gasteiger charge is 2.38. The summed E-state index contributed by atoms with van der Waals surface area (Å²) in [6, 6.07) is 21.4. The molecular formula is C23H23NO2S. The maximum atomic E-state index is 13.4. The van der Waals surface area contributed by atoms with Gasteiger partial charge in [0, 0.05) is 12.5 Å². The Bertz CT molecular complexity index is 1090. The van der Waals surface area contributed by atoms with Crippen molar-refractivity contribution < 1.29 is 8.42 Å². The summed E-state index contributed by atoms with van der Waals surface area (Å²) in [5, 5.41) is 0. The molecule has 0 aliphatic carbocycles. The predicted octanol–water partition coefficient (Wildman–Crippen LogP) is 4.95. The van der Waals surface area contributed by atoms with E-state index in [0.717, 1.165) is 33.5 Å². The lowest BCUT2D eigenvalue weighted by molar-refractivity contribution is 0.591. The van der Waals surface area contributed by atoms with Gasteiger partial charge in [0.2, 0.25) is 0 Å². The molecule has 4 rings (SSSR count). The second-order valence-electron chi connectivity index (χ2n) is 7.33. The van der Waals surface area contributed by atoms with Crippen LogP contribution in [0.4, 0.5) is 5.69 Å². The van der Waals surface area contributed by atoms with Crippen molar-refractivity contribution in [1.82, 2.24) is 0 Å². The fourth-order valence-electron chi connectivity index (χ4n) is 3.99. The normalized spacial score (nSPS) is 16.4. The molecule has 1 aliphatic heterocycles. The zero-order valence-electron chi connectivity index (χ0n) is 15.8. The molecule has 1 heterocycles. The lowest BCUT2D eigenvalue weighted by atomic mass is 9.89. The van der Waals surface area contributed by atoms with E-state index in [9.17, 15) is 8.42 Å². The number of benzene rings is 3. The highest BCUT2D eigenvalue weighted by molar-refractivity contribution is 7.92. The molecule has 0 saturated carbocycles. The number of hydrogen-bond acceptors (Lipinski definition) is 2. The molecule has 1 aliphatic rings. The summed E-state index contributed by atoms with van der Waals surface area (Å²) in [4.78, 5) is 0.340. The Morgan fingerprint density at radius 1 is 0.852 bits per heavy atom. The maximum absolute atomic E-state index is 13.4. The average molecular weight is 378 g/mol. The van der Waals surface area contributed by atoms with Crippen molar-refractivity contribution in [1.29, 1.82) is 0 Å². The van der Waals surface area contributed by atoms with E-state index in [0.29, 0.717) is 11.4 Å². The van der Waals surface area contributed by atoms with E-state index in [2.05, 4.69) is 25.1 Å². The van der Waals surface area contributed by atoms with E-state index in [-0.39, 0.29) is 5.92 Å². The molecule has 0 fully saturated rings. The van der Waals surface area contributed by atoms with Gasteiger partial charge in [0.1, 0.15) is 0 Å². The fraction of sp³-hybridized carbons (Fsp3) is 0.217. The van der Waals surface area contributed by atoms with Crippen LogP contribution in [0.15, 0.2) is 71.6 Å². The molecule has 0 aromatic heterocycles. The largest absolute Gasteiger partial charge is 0.265 e. The van der Waals surface area contributed by atoms with Crippen molar-refractivity contribution in [3.05, 3.63) is 94.5 Å². The number of sulfonamides is 1. The maximum Gasteiger partial charge on any atom is 0.264 e. The van der Waals surface area contributed by atoms with Gasteiger partial charge < -0.3 is 0 Å². The molecule has 0 spiro atoms. The highest BCUT2D eigenvalue weighted by atomic mass is 32.2. The van der Waals surface area contributed by atoms with Crippen molar-refractivity contribution in [2.45, 2.75) is 31.6 Å². The van der Waals surface area contributed by atoms with Crippen LogP contribution in [-0.4, -0.2) is 15.0 Å². The molecule has 3 aromatic rings. The lowest BCUT2D eigenvalue weighted by Crippen LogP contribution is -2.30. The van der Waals surface area contributed by atoms with Crippen molar-refractivity contribution in [2.24, 2.45) is 0 Å². The van der Waals surface area contributed by atoms with Gasteiger partial charge in [-0.25, -0.2) is 8.42 Å². The van der Waals surface area contributed by atoms with Crippen LogP contribution in [0.2, 0.25) is 0 Å². The Kier molecular flexibility index (Phi) is 4.31. The molecular weight excluding hydrogens is 354 g/mol. The van der Waals surface area contributed by atoms with Crippen LogP contribution in [0, 0.1) is 20.8 Å². The molecule has 0 unspecified atom stereocenters. The zero-order valence-corrected chi connectivity index (χ0v) is 16.6. The van der Waals surface area contributed by atoms with E-state index in [1.807, 2.05) is 50.2 Å². The summed E-state index contributed by atoms with van der Waals surface area (Å²) in [6.07, 6.45) is 0. The third-order valence-corrected chi connectivity index (χ3v) is 7.08. The smallest absolute Gasteiger partial charge is 0.264 e.